The average molecular weight is 349 g/mol. The van der Waals surface area contributed by atoms with Crippen LogP contribution in [0, 0.1) is 0 Å². The summed E-state index contributed by atoms with van der Waals surface area (Å²) < 4.78 is 24.7. The van der Waals surface area contributed by atoms with Crippen LogP contribution in [0.3, 0.4) is 0 Å². The lowest BCUT2D eigenvalue weighted by molar-refractivity contribution is -0.117. The van der Waals surface area contributed by atoms with E-state index in [0.717, 1.165) is 5.56 Å². The third-order valence-corrected chi connectivity index (χ3v) is 6.67. The van der Waals surface area contributed by atoms with Crippen LogP contribution in [0.15, 0.2) is 36.4 Å². The molecule has 0 radical (unpaired) electrons. The fraction of sp³-hybridized carbons (Fsp3) is 0.412. The first-order chi connectivity index (χ1) is 11.2. The number of carbonyl (C=O) groups excluding carboxylic acids is 1. The first-order valence-corrected chi connectivity index (χ1v) is 9.47. The zero-order valence-electron chi connectivity index (χ0n) is 14.4. The molecule has 0 aliphatic carbocycles. The van der Waals surface area contributed by atoms with Gasteiger partial charge in [-0.15, -0.1) is 0 Å². The number of aryl methyl sites for hydroxylation is 1. The fourth-order valence-electron chi connectivity index (χ4n) is 2.27. The lowest BCUT2D eigenvalue weighted by Gasteiger charge is -2.23. The largest absolute Gasteiger partial charge is 0.310 e. The highest BCUT2D eigenvalue weighted by atomic mass is 32.2. The number of hydrogen-bond acceptors (Lipinski definition) is 4. The van der Waals surface area contributed by atoms with Gasteiger partial charge in [0.25, 0.3) is 0 Å². The number of sulfone groups is 1. The van der Waals surface area contributed by atoms with Crippen LogP contribution in [-0.2, 0) is 21.7 Å². The summed E-state index contributed by atoms with van der Waals surface area (Å²) in [7, 11) is -1.83. The van der Waals surface area contributed by atoms with Crippen LogP contribution < -0.4 is 5.32 Å². The molecule has 0 fully saturated rings. The van der Waals surface area contributed by atoms with Crippen molar-refractivity contribution in [1.29, 1.82) is 0 Å². The molecule has 0 unspecified atom stereocenters. The summed E-state index contributed by atoms with van der Waals surface area (Å²) in [6.07, 6.45) is 0.475. The highest BCUT2D eigenvalue weighted by molar-refractivity contribution is 7.93. The molecule has 1 aromatic heterocycles. The summed E-state index contributed by atoms with van der Waals surface area (Å²) in [6.45, 7) is 4.64. The molecule has 1 N–H and O–H groups in total. The number of benzene rings is 1. The van der Waals surface area contributed by atoms with Gasteiger partial charge in [0.2, 0.25) is 5.91 Å². The van der Waals surface area contributed by atoms with Crippen LogP contribution in [-0.4, -0.2) is 34.6 Å². The zero-order valence-corrected chi connectivity index (χ0v) is 15.2. The van der Waals surface area contributed by atoms with Gasteiger partial charge in [0.1, 0.15) is 10.6 Å². The van der Waals surface area contributed by atoms with Gasteiger partial charge in [0.05, 0.1) is 11.4 Å². The molecule has 0 atom stereocenters. The lowest BCUT2D eigenvalue weighted by atomic mass is 10.1. The Balaban J connectivity index is 2.26. The minimum absolute atomic E-state index is 0.0198. The Morgan fingerprint density at radius 2 is 1.88 bits per heavy atom. The van der Waals surface area contributed by atoms with E-state index in [9.17, 15) is 13.2 Å². The van der Waals surface area contributed by atoms with E-state index in [0.29, 0.717) is 17.9 Å². The van der Waals surface area contributed by atoms with E-state index in [1.165, 1.54) is 18.5 Å². The lowest BCUT2D eigenvalue weighted by Crippen LogP contribution is -2.45. The molecule has 0 aliphatic heterocycles. The monoisotopic (exact) mass is 349 g/mol. The molecular formula is C17H23N3O3S. The van der Waals surface area contributed by atoms with Gasteiger partial charge in [0, 0.05) is 18.7 Å². The van der Waals surface area contributed by atoms with Crippen LogP contribution in [0.1, 0.15) is 27.2 Å². The van der Waals surface area contributed by atoms with E-state index in [1.54, 1.807) is 20.0 Å². The molecule has 130 valence electrons. The Hall–Kier alpha value is -2.15. The Kier molecular flexibility index (Phi) is 5.13. The molecule has 0 spiro atoms. The van der Waals surface area contributed by atoms with E-state index in [4.69, 9.17) is 0 Å². The summed E-state index contributed by atoms with van der Waals surface area (Å²) in [5.74, 6) is -0.120. The number of anilines is 1. The summed E-state index contributed by atoms with van der Waals surface area (Å²) in [6, 6.07) is 11.3. The molecule has 6 nitrogen and oxygen atoms in total. The molecular weight excluding hydrogens is 326 g/mol. The summed E-state index contributed by atoms with van der Waals surface area (Å²) in [4.78, 5) is 12.5. The molecule has 0 bridgehead atoms. The second kappa shape index (κ2) is 6.76. The fourth-order valence-corrected chi connectivity index (χ4v) is 3.65. The number of nitrogens with zero attached hydrogens (tertiary/aromatic N) is 2. The van der Waals surface area contributed by atoms with Gasteiger partial charge in [-0.1, -0.05) is 37.3 Å². The molecule has 2 rings (SSSR count). The summed E-state index contributed by atoms with van der Waals surface area (Å²) in [5, 5.41) is 7.05. The van der Waals surface area contributed by atoms with Gasteiger partial charge < -0.3 is 5.32 Å². The van der Waals surface area contributed by atoms with Crippen molar-refractivity contribution in [3.05, 3.63) is 36.4 Å². The van der Waals surface area contributed by atoms with Crippen molar-refractivity contribution >= 4 is 21.6 Å². The van der Waals surface area contributed by atoms with E-state index in [2.05, 4.69) is 10.4 Å². The highest BCUT2D eigenvalue weighted by Crippen LogP contribution is 2.24. The van der Waals surface area contributed by atoms with Crippen molar-refractivity contribution in [1.82, 2.24) is 9.78 Å². The van der Waals surface area contributed by atoms with Crippen molar-refractivity contribution in [2.75, 3.05) is 11.1 Å². The maximum absolute atomic E-state index is 12.5. The van der Waals surface area contributed by atoms with Gasteiger partial charge in [-0.2, -0.15) is 5.10 Å². The topological polar surface area (TPSA) is 81.1 Å². The predicted molar refractivity (Wildman–Crippen MR) is 95.4 cm³/mol. The van der Waals surface area contributed by atoms with E-state index in [1.807, 2.05) is 30.3 Å². The highest BCUT2D eigenvalue weighted by Gasteiger charge is 2.41. The third kappa shape index (κ3) is 3.51. The van der Waals surface area contributed by atoms with E-state index >= 15 is 0 Å². The van der Waals surface area contributed by atoms with Gasteiger partial charge in [-0.3, -0.25) is 9.48 Å². The predicted octanol–water partition coefficient (Wildman–Crippen LogP) is 2.63. The SMILES string of the molecule is CCCS(=O)(=O)C(C)(C)C(=O)Nc1cc(-c2ccccc2)nn1C. The van der Waals surface area contributed by atoms with Gasteiger partial charge in [0.15, 0.2) is 9.84 Å². The van der Waals surface area contributed by atoms with E-state index < -0.39 is 20.5 Å². The number of nitrogens with one attached hydrogen (secondary N) is 1. The van der Waals surface area contributed by atoms with Gasteiger partial charge >= 0.3 is 0 Å². The molecule has 1 amide bonds. The average Bonchev–Trinajstić information content (AvgIpc) is 2.89. The quantitative estimate of drug-likeness (QED) is 0.869. The first-order valence-electron chi connectivity index (χ1n) is 7.82. The smallest absolute Gasteiger partial charge is 0.246 e. The second-order valence-corrected chi connectivity index (χ2v) is 8.85. The third-order valence-electron chi connectivity index (χ3n) is 3.99. The number of hydrogen-bond donors (Lipinski definition) is 1. The van der Waals surface area contributed by atoms with Gasteiger partial charge in [-0.25, -0.2) is 8.42 Å². The number of amides is 1. The van der Waals surface area contributed by atoms with Gasteiger partial charge in [-0.05, 0) is 20.3 Å². The normalized spacial score (nSPS) is 12.2. The molecule has 1 aromatic carbocycles. The van der Waals surface area contributed by atoms with Crippen LogP contribution in [0.5, 0.6) is 0 Å². The Bertz CT molecular complexity index is 824. The molecule has 2 aromatic rings. The van der Waals surface area contributed by atoms with Crippen LogP contribution in [0.25, 0.3) is 11.3 Å². The Morgan fingerprint density at radius 1 is 1.25 bits per heavy atom. The minimum atomic E-state index is -3.53. The number of carbonyl (C=O) groups is 1. The van der Waals surface area contributed by atoms with Crippen LogP contribution >= 0.6 is 0 Å². The van der Waals surface area contributed by atoms with Crippen molar-refractivity contribution < 1.29 is 13.2 Å². The molecule has 0 aliphatic rings. The standard InChI is InChI=1S/C17H23N3O3S/c1-5-11-24(22,23)17(2,3)16(21)18-15-12-14(19-20(15)4)13-9-7-6-8-10-13/h6-10,12H,5,11H2,1-4H3,(H,18,21). The Labute approximate surface area is 142 Å². The van der Waals surface area contributed by atoms with Crippen molar-refractivity contribution in [3.8, 4) is 11.3 Å². The molecule has 7 heteroatoms. The molecule has 24 heavy (non-hydrogen) atoms. The molecule has 0 saturated carbocycles. The first kappa shape index (κ1) is 18.2. The van der Waals surface area contributed by atoms with Crippen LogP contribution in [0.2, 0.25) is 0 Å². The van der Waals surface area contributed by atoms with E-state index in [-0.39, 0.29) is 5.75 Å². The summed E-state index contributed by atoms with van der Waals surface area (Å²) >= 11 is 0. The summed E-state index contributed by atoms with van der Waals surface area (Å²) in [5.41, 5.74) is 1.63. The van der Waals surface area contributed by atoms with Crippen molar-refractivity contribution in [2.24, 2.45) is 7.05 Å². The van der Waals surface area contributed by atoms with Crippen molar-refractivity contribution in [2.45, 2.75) is 31.9 Å². The number of aromatic nitrogens is 2. The zero-order chi connectivity index (χ0) is 18.0. The molecule has 0 saturated heterocycles. The van der Waals surface area contributed by atoms with Crippen molar-refractivity contribution in [3.63, 3.8) is 0 Å². The second-order valence-electron chi connectivity index (χ2n) is 6.19. The van der Waals surface area contributed by atoms with Crippen LogP contribution in [0.4, 0.5) is 5.82 Å². The number of rotatable bonds is 6. The Morgan fingerprint density at radius 3 is 2.46 bits per heavy atom. The minimum Gasteiger partial charge on any atom is -0.310 e. The maximum Gasteiger partial charge on any atom is 0.246 e. The maximum atomic E-state index is 12.5. The molecule has 1 heterocycles.